The van der Waals surface area contributed by atoms with E-state index in [4.69, 9.17) is 4.74 Å². The molecule has 2 amide bonds. The molecule has 0 aliphatic heterocycles. The molecule has 3 N–H and O–H groups in total. The number of amides is 2. The van der Waals surface area contributed by atoms with Gasteiger partial charge >= 0.3 is 5.97 Å². The van der Waals surface area contributed by atoms with E-state index < -0.39 is 48.1 Å². The summed E-state index contributed by atoms with van der Waals surface area (Å²) in [5.74, 6) is -4.81. The lowest BCUT2D eigenvalue weighted by Crippen LogP contribution is -2.68. The van der Waals surface area contributed by atoms with Crippen molar-refractivity contribution in [1.82, 2.24) is 20.6 Å². The number of thiophene rings is 1. The first-order valence-electron chi connectivity index (χ1n) is 17.7. The van der Waals surface area contributed by atoms with Crippen LogP contribution in [0.4, 0.5) is 8.78 Å². The summed E-state index contributed by atoms with van der Waals surface area (Å²) >= 11 is 1.29. The average Bonchev–Trinajstić information content (AvgIpc) is 3.61. The zero-order chi connectivity index (χ0) is 37.5. The minimum Gasteiger partial charge on any atom is -0.494 e. The highest BCUT2D eigenvalue weighted by molar-refractivity contribution is 7.14. The number of rotatable bonds is 16. The van der Waals surface area contributed by atoms with Crippen molar-refractivity contribution in [3.05, 3.63) is 88.4 Å². The number of carbonyl (C=O) groups excluding carboxylic acids is 2. The Morgan fingerprint density at radius 2 is 1.52 bits per heavy atom. The van der Waals surface area contributed by atoms with Crippen LogP contribution in [0.3, 0.4) is 0 Å². The van der Waals surface area contributed by atoms with E-state index >= 15 is 0 Å². The summed E-state index contributed by atoms with van der Waals surface area (Å²) in [7, 11) is 0. The second-order valence-electron chi connectivity index (χ2n) is 14.5. The van der Waals surface area contributed by atoms with Crippen molar-refractivity contribution in [2.45, 2.75) is 102 Å². The largest absolute Gasteiger partial charge is 0.494 e. The van der Waals surface area contributed by atoms with Crippen molar-refractivity contribution >= 4 is 29.1 Å². The summed E-state index contributed by atoms with van der Waals surface area (Å²) in [6.45, 7) is 8.95. The number of hydrogen-bond acceptors (Lipinski definition) is 7. The lowest BCUT2D eigenvalue weighted by molar-refractivity contribution is -0.179. The number of hydrogen-bond donors (Lipinski definition) is 3. The number of carbonyl (C=O) groups is 3. The highest BCUT2D eigenvalue weighted by atomic mass is 32.1. The number of ether oxygens (including phenoxy) is 1. The van der Waals surface area contributed by atoms with Crippen LogP contribution in [0.15, 0.2) is 73.1 Å². The first-order chi connectivity index (χ1) is 24.7. The minimum absolute atomic E-state index is 0.0141. The van der Waals surface area contributed by atoms with Crippen LogP contribution in [0.25, 0.3) is 22.5 Å². The van der Waals surface area contributed by atoms with E-state index in [-0.39, 0.29) is 11.8 Å². The smallest absolute Gasteiger partial charge is 0.329 e. The maximum Gasteiger partial charge on any atom is 0.329 e. The molecule has 52 heavy (non-hydrogen) atoms. The first kappa shape index (κ1) is 38.5. The van der Waals surface area contributed by atoms with Gasteiger partial charge in [-0.1, -0.05) is 89.8 Å². The molecular formula is C40H46F2N4O5S. The zero-order valence-corrected chi connectivity index (χ0v) is 30.8. The van der Waals surface area contributed by atoms with Gasteiger partial charge in [0.1, 0.15) is 17.3 Å². The van der Waals surface area contributed by atoms with Gasteiger partial charge in [-0.3, -0.25) is 9.59 Å². The van der Waals surface area contributed by atoms with E-state index in [0.29, 0.717) is 22.9 Å². The van der Waals surface area contributed by atoms with Gasteiger partial charge in [0.2, 0.25) is 5.91 Å². The van der Waals surface area contributed by atoms with Crippen LogP contribution >= 0.6 is 11.3 Å². The predicted molar refractivity (Wildman–Crippen MR) is 198 cm³/mol. The molecule has 1 aliphatic rings. The molecular weight excluding hydrogens is 687 g/mol. The van der Waals surface area contributed by atoms with E-state index in [1.54, 1.807) is 42.7 Å². The van der Waals surface area contributed by atoms with Crippen LogP contribution in [-0.4, -0.2) is 57.0 Å². The fourth-order valence-corrected chi connectivity index (χ4v) is 7.01. The Hall–Kier alpha value is -4.71. The third kappa shape index (κ3) is 9.78. The van der Waals surface area contributed by atoms with Gasteiger partial charge in [-0.05, 0) is 47.2 Å². The Morgan fingerprint density at radius 3 is 2.10 bits per heavy atom. The second-order valence-corrected chi connectivity index (χ2v) is 15.6. The van der Waals surface area contributed by atoms with Gasteiger partial charge in [-0.15, -0.1) is 11.3 Å². The van der Waals surface area contributed by atoms with Crippen molar-refractivity contribution < 1.29 is 33.0 Å². The summed E-state index contributed by atoms with van der Waals surface area (Å²) in [6.07, 6.45) is 7.35. The van der Waals surface area contributed by atoms with E-state index in [1.165, 1.54) is 37.0 Å². The number of benzene rings is 2. The van der Waals surface area contributed by atoms with Crippen molar-refractivity contribution in [2.75, 3.05) is 6.61 Å². The molecule has 0 saturated heterocycles. The van der Waals surface area contributed by atoms with Crippen molar-refractivity contribution in [3.8, 4) is 28.3 Å². The van der Waals surface area contributed by atoms with Crippen molar-refractivity contribution in [1.29, 1.82) is 0 Å². The molecule has 0 radical (unpaired) electrons. The Balaban J connectivity index is 1.25. The van der Waals surface area contributed by atoms with Gasteiger partial charge in [-0.2, -0.15) is 0 Å². The summed E-state index contributed by atoms with van der Waals surface area (Å²) in [5, 5.41) is 14.7. The fourth-order valence-electron chi connectivity index (χ4n) is 6.04. The van der Waals surface area contributed by atoms with Crippen molar-refractivity contribution in [3.63, 3.8) is 0 Å². The van der Waals surface area contributed by atoms with Crippen LogP contribution in [-0.2, 0) is 21.4 Å². The Labute approximate surface area is 307 Å². The number of aliphatic carboxylic acids is 1. The van der Waals surface area contributed by atoms with Gasteiger partial charge < -0.3 is 20.5 Å². The molecule has 1 atom stereocenters. The normalized spacial score (nSPS) is 15.3. The van der Waals surface area contributed by atoms with Crippen LogP contribution < -0.4 is 15.4 Å². The van der Waals surface area contributed by atoms with Crippen LogP contribution in [0, 0.1) is 0 Å². The molecule has 1 saturated carbocycles. The molecule has 12 heteroatoms. The number of nitrogens with one attached hydrogen (secondary N) is 2. The first-order valence-corrected chi connectivity index (χ1v) is 18.5. The van der Waals surface area contributed by atoms with Crippen LogP contribution in [0.1, 0.15) is 92.8 Å². The standard InChI is InChI=1S/C40H46F2N4O5S/c1-5-6-7-8-9-20-51-30-16-14-27(15-17-30)29-22-43-34(44-23-29)28-12-10-26(11-13-28)21-31(35(47)46-39(37(49)50)24-40(41,42)25-39)45-36(48)32-18-19-33(52-32)38(2,3)4/h10-19,22-23,31H,5-9,20-21,24-25H2,1-4H3,(H,45,48)(H,46,47)(H,49,50). The topological polar surface area (TPSA) is 131 Å². The summed E-state index contributed by atoms with van der Waals surface area (Å²) in [5.41, 5.74) is 0.869. The molecule has 5 rings (SSSR count). The highest BCUT2D eigenvalue weighted by Crippen LogP contribution is 2.46. The number of nitrogens with zero attached hydrogens (tertiary/aromatic N) is 2. The molecule has 1 unspecified atom stereocenters. The maximum atomic E-state index is 13.8. The molecule has 2 aromatic carbocycles. The van der Waals surface area contributed by atoms with Crippen molar-refractivity contribution in [2.24, 2.45) is 0 Å². The van der Waals surface area contributed by atoms with Gasteiger partial charge in [0.25, 0.3) is 11.8 Å². The number of halogens is 2. The molecule has 276 valence electrons. The van der Waals surface area contributed by atoms with Gasteiger partial charge in [0, 0.05) is 47.7 Å². The van der Waals surface area contributed by atoms with E-state index in [1.807, 2.05) is 51.1 Å². The molecule has 0 bridgehead atoms. The lowest BCUT2D eigenvalue weighted by Gasteiger charge is -2.44. The fraction of sp³-hybridized carbons (Fsp3) is 0.425. The Kier molecular flexibility index (Phi) is 12.1. The molecule has 2 heterocycles. The molecule has 1 aliphatic carbocycles. The van der Waals surface area contributed by atoms with E-state index in [9.17, 15) is 28.3 Å². The monoisotopic (exact) mass is 732 g/mol. The number of aromatic nitrogens is 2. The van der Waals surface area contributed by atoms with Gasteiger partial charge in [-0.25, -0.2) is 23.5 Å². The molecule has 9 nitrogen and oxygen atoms in total. The number of unbranched alkanes of at least 4 members (excludes halogenated alkanes) is 4. The molecule has 2 aromatic heterocycles. The highest BCUT2D eigenvalue weighted by Gasteiger charge is 2.62. The zero-order valence-electron chi connectivity index (χ0n) is 30.0. The number of carboxylic acids is 1. The second kappa shape index (κ2) is 16.3. The number of alkyl halides is 2. The van der Waals surface area contributed by atoms with Gasteiger partial charge in [0.15, 0.2) is 5.82 Å². The Morgan fingerprint density at radius 1 is 0.885 bits per heavy atom. The third-order valence-corrected chi connectivity index (χ3v) is 10.6. The molecule has 4 aromatic rings. The number of carboxylic acid groups (broad SMARTS) is 1. The van der Waals surface area contributed by atoms with Gasteiger partial charge in [0.05, 0.1) is 11.5 Å². The lowest BCUT2D eigenvalue weighted by atomic mass is 9.73. The minimum atomic E-state index is -3.20. The molecule has 1 fully saturated rings. The summed E-state index contributed by atoms with van der Waals surface area (Å²) in [4.78, 5) is 49.2. The maximum absolute atomic E-state index is 13.8. The average molecular weight is 733 g/mol. The SMILES string of the molecule is CCCCCCCOc1ccc(-c2cnc(-c3ccc(CC(NC(=O)c4ccc(C(C)(C)C)s4)C(=O)NC4(C(=O)O)CC(F)(F)C4)cc3)nc2)cc1. The third-order valence-electron chi connectivity index (χ3n) is 9.09. The summed E-state index contributed by atoms with van der Waals surface area (Å²) < 4.78 is 33.5. The Bertz CT molecular complexity index is 1830. The van der Waals surface area contributed by atoms with Crippen LogP contribution in [0.2, 0.25) is 0 Å². The molecule has 0 spiro atoms. The van der Waals surface area contributed by atoms with Crippen LogP contribution in [0.5, 0.6) is 5.75 Å². The van der Waals surface area contributed by atoms with E-state index in [2.05, 4.69) is 27.5 Å². The quantitative estimate of drug-likeness (QED) is 0.0990. The summed E-state index contributed by atoms with van der Waals surface area (Å²) in [6, 6.07) is 17.2. The van der Waals surface area contributed by atoms with E-state index in [0.717, 1.165) is 33.7 Å². The predicted octanol–water partition coefficient (Wildman–Crippen LogP) is 8.23.